The van der Waals surface area contributed by atoms with Gasteiger partial charge in [0.05, 0.1) is 0 Å². The lowest BCUT2D eigenvalue weighted by molar-refractivity contribution is 0.381. The van der Waals surface area contributed by atoms with E-state index >= 15 is 0 Å². The van der Waals surface area contributed by atoms with Crippen LogP contribution in [-0.4, -0.2) is 17.2 Å². The van der Waals surface area contributed by atoms with Gasteiger partial charge in [0.1, 0.15) is 0 Å². The van der Waals surface area contributed by atoms with E-state index < -0.39 is 0 Å². The van der Waals surface area contributed by atoms with Crippen LogP contribution in [0.4, 0.5) is 0 Å². The summed E-state index contributed by atoms with van der Waals surface area (Å²) >= 11 is 5.23. The van der Waals surface area contributed by atoms with Gasteiger partial charge in [0, 0.05) is 12.1 Å². The fourth-order valence-corrected chi connectivity index (χ4v) is 2.14. The van der Waals surface area contributed by atoms with E-state index in [2.05, 4.69) is 17.6 Å². The van der Waals surface area contributed by atoms with E-state index in [0.29, 0.717) is 12.1 Å². The smallest absolute Gasteiger partial charge is 0.166 e. The third-order valence-electron chi connectivity index (χ3n) is 3.20. The maximum Gasteiger partial charge on any atom is 0.166 e. The van der Waals surface area contributed by atoms with E-state index in [9.17, 15) is 0 Å². The van der Waals surface area contributed by atoms with Gasteiger partial charge in [-0.15, -0.1) is 0 Å². The lowest BCUT2D eigenvalue weighted by Crippen LogP contribution is -2.45. The van der Waals surface area contributed by atoms with Crippen LogP contribution in [0.2, 0.25) is 0 Å². The minimum atomic E-state index is 0.666. The molecule has 2 nitrogen and oxygen atoms in total. The quantitative estimate of drug-likeness (QED) is 0.676. The Hall–Kier alpha value is -0.310. The molecule has 0 spiro atoms. The molecule has 0 aromatic heterocycles. The Morgan fingerprint density at radius 1 is 1.38 bits per heavy atom. The van der Waals surface area contributed by atoms with E-state index in [1.165, 1.54) is 32.1 Å². The molecule has 74 valence electrons. The molecule has 2 fully saturated rings. The predicted molar refractivity (Wildman–Crippen MR) is 58.7 cm³/mol. The molecule has 2 N–H and O–H groups in total. The summed E-state index contributed by atoms with van der Waals surface area (Å²) in [6.45, 7) is 2.24. The van der Waals surface area contributed by atoms with E-state index in [1.807, 2.05) is 0 Å². The van der Waals surface area contributed by atoms with Crippen molar-refractivity contribution in [2.75, 3.05) is 0 Å². The summed E-state index contributed by atoms with van der Waals surface area (Å²) in [6.07, 6.45) is 6.54. The Kier molecular flexibility index (Phi) is 2.72. The second kappa shape index (κ2) is 3.82. The molecular weight excluding hydrogens is 180 g/mol. The monoisotopic (exact) mass is 198 g/mol. The molecule has 2 unspecified atom stereocenters. The molecule has 0 heterocycles. The molecule has 2 saturated carbocycles. The van der Waals surface area contributed by atoms with Crippen molar-refractivity contribution >= 4 is 17.3 Å². The molecule has 2 rings (SSSR count). The first-order valence-corrected chi connectivity index (χ1v) is 5.77. The van der Waals surface area contributed by atoms with E-state index in [0.717, 1.165) is 11.0 Å². The zero-order chi connectivity index (χ0) is 9.26. The van der Waals surface area contributed by atoms with Gasteiger partial charge >= 0.3 is 0 Å². The highest BCUT2D eigenvalue weighted by atomic mass is 32.1. The summed E-state index contributed by atoms with van der Waals surface area (Å²) in [4.78, 5) is 0. The lowest BCUT2D eigenvalue weighted by Gasteiger charge is -2.27. The summed E-state index contributed by atoms with van der Waals surface area (Å²) in [6, 6.07) is 1.34. The highest BCUT2D eigenvalue weighted by molar-refractivity contribution is 7.80. The summed E-state index contributed by atoms with van der Waals surface area (Å²) in [5.41, 5.74) is 0. The molecule has 0 aromatic carbocycles. The van der Waals surface area contributed by atoms with Crippen LogP contribution in [0.3, 0.4) is 0 Å². The predicted octanol–water partition coefficient (Wildman–Crippen LogP) is 1.80. The van der Waals surface area contributed by atoms with E-state index in [4.69, 9.17) is 12.2 Å². The number of nitrogens with one attached hydrogen (secondary N) is 2. The van der Waals surface area contributed by atoms with Crippen LogP contribution in [0.25, 0.3) is 0 Å². The van der Waals surface area contributed by atoms with Crippen LogP contribution in [0.5, 0.6) is 0 Å². The fourth-order valence-electron chi connectivity index (χ4n) is 1.82. The van der Waals surface area contributed by atoms with Crippen molar-refractivity contribution in [3.8, 4) is 0 Å². The van der Waals surface area contributed by atoms with Crippen molar-refractivity contribution < 1.29 is 0 Å². The van der Waals surface area contributed by atoms with Gasteiger partial charge in [0.25, 0.3) is 0 Å². The van der Waals surface area contributed by atoms with Gasteiger partial charge in [0.15, 0.2) is 5.11 Å². The average Bonchev–Trinajstić information content (AvgIpc) is 2.76. The van der Waals surface area contributed by atoms with Gasteiger partial charge < -0.3 is 10.6 Å². The van der Waals surface area contributed by atoms with Crippen molar-refractivity contribution in [1.82, 2.24) is 10.6 Å². The Morgan fingerprint density at radius 2 is 2.15 bits per heavy atom. The van der Waals surface area contributed by atoms with E-state index in [1.54, 1.807) is 0 Å². The third kappa shape index (κ3) is 2.33. The van der Waals surface area contributed by atoms with Crippen molar-refractivity contribution in [1.29, 1.82) is 0 Å². The van der Waals surface area contributed by atoms with E-state index in [-0.39, 0.29) is 0 Å². The Bertz CT molecular complexity index is 201. The SMILES string of the molecule is CCC1CC1NC(=S)NC1CCC1. The minimum absolute atomic E-state index is 0.666. The number of thiocarbonyl (C=S) groups is 1. The Morgan fingerprint density at radius 3 is 2.62 bits per heavy atom. The Labute approximate surface area is 85.5 Å². The second-order valence-corrected chi connectivity index (χ2v) is 4.66. The molecule has 0 aromatic rings. The largest absolute Gasteiger partial charge is 0.360 e. The maximum absolute atomic E-state index is 5.23. The van der Waals surface area contributed by atoms with Crippen molar-refractivity contribution in [2.24, 2.45) is 5.92 Å². The Balaban J connectivity index is 1.61. The fraction of sp³-hybridized carbons (Fsp3) is 0.900. The molecular formula is C10H18N2S. The van der Waals surface area contributed by atoms with Crippen molar-refractivity contribution in [3.63, 3.8) is 0 Å². The van der Waals surface area contributed by atoms with Crippen LogP contribution in [-0.2, 0) is 0 Å². The van der Waals surface area contributed by atoms with Crippen molar-refractivity contribution in [3.05, 3.63) is 0 Å². The zero-order valence-electron chi connectivity index (χ0n) is 8.18. The first-order chi connectivity index (χ1) is 6.29. The van der Waals surface area contributed by atoms with Crippen LogP contribution < -0.4 is 10.6 Å². The molecule has 3 heteroatoms. The summed E-state index contributed by atoms with van der Waals surface area (Å²) < 4.78 is 0. The molecule has 2 atom stereocenters. The van der Waals surface area contributed by atoms with Crippen molar-refractivity contribution in [2.45, 2.75) is 51.1 Å². The van der Waals surface area contributed by atoms with Gasteiger partial charge in [-0.25, -0.2) is 0 Å². The third-order valence-corrected chi connectivity index (χ3v) is 3.44. The highest BCUT2D eigenvalue weighted by Crippen LogP contribution is 2.33. The summed E-state index contributed by atoms with van der Waals surface area (Å²) in [7, 11) is 0. The van der Waals surface area contributed by atoms with Crippen LogP contribution in [0.1, 0.15) is 39.0 Å². The standard InChI is InChI=1S/C10H18N2S/c1-2-7-6-9(7)12-10(13)11-8-4-3-5-8/h7-9H,2-6H2,1H3,(H2,11,12,13). The molecule has 13 heavy (non-hydrogen) atoms. The maximum atomic E-state index is 5.23. The summed E-state index contributed by atoms with van der Waals surface area (Å²) in [5.74, 6) is 0.876. The van der Waals surface area contributed by atoms with Gasteiger partial charge in [-0.05, 0) is 43.8 Å². The molecule has 2 aliphatic carbocycles. The molecule has 0 saturated heterocycles. The number of hydrogen-bond acceptors (Lipinski definition) is 1. The first kappa shape index (κ1) is 9.25. The molecule has 2 aliphatic rings. The molecule has 0 amide bonds. The first-order valence-electron chi connectivity index (χ1n) is 5.36. The molecule has 0 radical (unpaired) electrons. The van der Waals surface area contributed by atoms with Gasteiger partial charge in [0.2, 0.25) is 0 Å². The molecule has 0 bridgehead atoms. The lowest BCUT2D eigenvalue weighted by atomic mass is 9.93. The topological polar surface area (TPSA) is 24.1 Å². The number of hydrogen-bond donors (Lipinski definition) is 2. The van der Waals surface area contributed by atoms with Crippen LogP contribution in [0.15, 0.2) is 0 Å². The molecule has 0 aliphatic heterocycles. The normalized spacial score (nSPS) is 32.1. The summed E-state index contributed by atoms with van der Waals surface area (Å²) in [5, 5.41) is 7.61. The van der Waals surface area contributed by atoms with Crippen LogP contribution in [0, 0.1) is 5.92 Å². The number of rotatable bonds is 3. The second-order valence-electron chi connectivity index (χ2n) is 4.26. The minimum Gasteiger partial charge on any atom is -0.360 e. The van der Waals surface area contributed by atoms with Gasteiger partial charge in [-0.3, -0.25) is 0 Å². The van der Waals surface area contributed by atoms with Gasteiger partial charge in [-0.2, -0.15) is 0 Å². The zero-order valence-corrected chi connectivity index (χ0v) is 8.99. The highest BCUT2D eigenvalue weighted by Gasteiger charge is 2.35. The van der Waals surface area contributed by atoms with Crippen LogP contribution >= 0.6 is 12.2 Å². The van der Waals surface area contributed by atoms with Gasteiger partial charge in [-0.1, -0.05) is 13.3 Å². The average molecular weight is 198 g/mol.